The van der Waals surface area contributed by atoms with Gasteiger partial charge >= 0.3 is 0 Å². The van der Waals surface area contributed by atoms with E-state index in [0.717, 1.165) is 5.56 Å². The van der Waals surface area contributed by atoms with E-state index in [1.807, 2.05) is 6.92 Å². The van der Waals surface area contributed by atoms with Gasteiger partial charge in [0.25, 0.3) is 0 Å². The van der Waals surface area contributed by atoms with Gasteiger partial charge in [-0.3, -0.25) is 4.79 Å². The standard InChI is InChI=1S/C9H9ClO2/c1-6-2-7(4-10)9(12)8(3-6)5-11/h2-3,5,12H,4H2,1H3. The highest BCUT2D eigenvalue weighted by atomic mass is 35.5. The van der Waals surface area contributed by atoms with E-state index in [0.29, 0.717) is 17.4 Å². The summed E-state index contributed by atoms with van der Waals surface area (Å²) < 4.78 is 0. The predicted molar refractivity (Wildman–Crippen MR) is 47.8 cm³/mol. The van der Waals surface area contributed by atoms with Crippen LogP contribution in [0.25, 0.3) is 0 Å². The van der Waals surface area contributed by atoms with E-state index in [2.05, 4.69) is 0 Å². The van der Waals surface area contributed by atoms with E-state index in [4.69, 9.17) is 11.6 Å². The molecule has 1 aromatic rings. The summed E-state index contributed by atoms with van der Waals surface area (Å²) in [6.45, 7) is 1.85. The molecule has 0 aliphatic rings. The van der Waals surface area contributed by atoms with Crippen LogP contribution in [0.2, 0.25) is 0 Å². The fraction of sp³-hybridized carbons (Fsp3) is 0.222. The number of rotatable bonds is 2. The topological polar surface area (TPSA) is 37.3 Å². The Morgan fingerprint density at radius 1 is 1.58 bits per heavy atom. The summed E-state index contributed by atoms with van der Waals surface area (Å²) in [5, 5.41) is 9.40. The van der Waals surface area contributed by atoms with Crippen LogP contribution in [0.3, 0.4) is 0 Å². The number of phenols is 1. The van der Waals surface area contributed by atoms with E-state index in [-0.39, 0.29) is 11.6 Å². The maximum absolute atomic E-state index is 10.4. The maximum atomic E-state index is 10.4. The number of aryl methyl sites for hydroxylation is 1. The van der Waals surface area contributed by atoms with E-state index in [1.54, 1.807) is 12.1 Å². The minimum atomic E-state index is -0.00870. The first-order chi connectivity index (χ1) is 5.69. The average molecular weight is 185 g/mol. The molecule has 3 heteroatoms. The molecule has 1 rings (SSSR count). The maximum Gasteiger partial charge on any atom is 0.153 e. The Hall–Kier alpha value is -1.02. The molecule has 0 aliphatic carbocycles. The number of benzene rings is 1. The van der Waals surface area contributed by atoms with Crippen LogP contribution in [0.5, 0.6) is 5.75 Å². The van der Waals surface area contributed by atoms with Crippen LogP contribution < -0.4 is 0 Å². The molecular formula is C9H9ClO2. The van der Waals surface area contributed by atoms with E-state index < -0.39 is 0 Å². The monoisotopic (exact) mass is 184 g/mol. The second kappa shape index (κ2) is 3.59. The van der Waals surface area contributed by atoms with Gasteiger partial charge in [-0.1, -0.05) is 6.07 Å². The van der Waals surface area contributed by atoms with Crippen molar-refractivity contribution in [2.75, 3.05) is 0 Å². The van der Waals surface area contributed by atoms with Gasteiger partial charge < -0.3 is 5.11 Å². The molecule has 0 aromatic heterocycles. The van der Waals surface area contributed by atoms with Gasteiger partial charge in [0.15, 0.2) is 6.29 Å². The minimum Gasteiger partial charge on any atom is -0.507 e. The van der Waals surface area contributed by atoms with Crippen LogP contribution in [-0.4, -0.2) is 11.4 Å². The fourth-order valence-electron chi connectivity index (χ4n) is 1.08. The van der Waals surface area contributed by atoms with Crippen molar-refractivity contribution in [1.29, 1.82) is 0 Å². The second-order valence-corrected chi connectivity index (χ2v) is 2.88. The number of carbonyl (C=O) groups excluding carboxylic acids is 1. The Morgan fingerprint density at radius 2 is 2.25 bits per heavy atom. The Kier molecular flexibility index (Phi) is 2.71. The van der Waals surface area contributed by atoms with Crippen molar-refractivity contribution in [2.45, 2.75) is 12.8 Å². The van der Waals surface area contributed by atoms with Gasteiger partial charge in [-0.05, 0) is 18.6 Å². The van der Waals surface area contributed by atoms with E-state index in [1.165, 1.54) is 0 Å². The van der Waals surface area contributed by atoms with Gasteiger partial charge in [0.05, 0.1) is 11.4 Å². The summed E-state index contributed by atoms with van der Waals surface area (Å²) in [6.07, 6.45) is 0.623. The predicted octanol–water partition coefficient (Wildman–Crippen LogP) is 2.25. The highest BCUT2D eigenvalue weighted by Crippen LogP contribution is 2.24. The Bertz CT molecular complexity index is 308. The summed E-state index contributed by atoms with van der Waals surface area (Å²) in [5.74, 6) is 0.208. The number of hydrogen-bond acceptors (Lipinski definition) is 2. The Morgan fingerprint density at radius 3 is 2.75 bits per heavy atom. The molecule has 0 bridgehead atoms. The largest absolute Gasteiger partial charge is 0.507 e. The van der Waals surface area contributed by atoms with Gasteiger partial charge in [0, 0.05) is 5.56 Å². The third-order valence-electron chi connectivity index (χ3n) is 1.63. The lowest BCUT2D eigenvalue weighted by molar-refractivity contribution is 0.112. The zero-order valence-corrected chi connectivity index (χ0v) is 7.43. The summed E-state index contributed by atoms with van der Waals surface area (Å²) in [7, 11) is 0. The molecule has 1 N–H and O–H groups in total. The zero-order chi connectivity index (χ0) is 9.14. The van der Waals surface area contributed by atoms with Crippen molar-refractivity contribution >= 4 is 17.9 Å². The molecule has 0 saturated heterocycles. The molecule has 0 aliphatic heterocycles. The van der Waals surface area contributed by atoms with Crippen LogP contribution in [0, 0.1) is 6.92 Å². The molecule has 0 heterocycles. The molecule has 0 unspecified atom stereocenters. The molecular weight excluding hydrogens is 176 g/mol. The molecule has 12 heavy (non-hydrogen) atoms. The summed E-state index contributed by atoms with van der Waals surface area (Å²) in [6, 6.07) is 3.38. The van der Waals surface area contributed by atoms with Gasteiger partial charge in [-0.15, -0.1) is 11.6 Å². The van der Waals surface area contributed by atoms with Crippen LogP contribution in [-0.2, 0) is 5.88 Å². The first kappa shape index (κ1) is 9.07. The van der Waals surface area contributed by atoms with Crippen LogP contribution in [0.1, 0.15) is 21.5 Å². The Labute approximate surface area is 75.8 Å². The van der Waals surface area contributed by atoms with Crippen LogP contribution >= 0.6 is 11.6 Å². The Balaban J connectivity index is 3.31. The number of aldehydes is 1. The van der Waals surface area contributed by atoms with Gasteiger partial charge in [-0.25, -0.2) is 0 Å². The summed E-state index contributed by atoms with van der Waals surface area (Å²) in [5.41, 5.74) is 1.81. The molecule has 0 saturated carbocycles. The molecule has 2 nitrogen and oxygen atoms in total. The lowest BCUT2D eigenvalue weighted by Gasteiger charge is -2.04. The van der Waals surface area contributed by atoms with Crippen LogP contribution in [0.4, 0.5) is 0 Å². The third-order valence-corrected chi connectivity index (χ3v) is 1.92. The lowest BCUT2D eigenvalue weighted by atomic mass is 10.1. The smallest absolute Gasteiger partial charge is 0.153 e. The minimum absolute atomic E-state index is 0.00870. The molecule has 0 spiro atoms. The van der Waals surface area contributed by atoms with Crippen molar-refractivity contribution in [2.24, 2.45) is 0 Å². The van der Waals surface area contributed by atoms with Crippen LogP contribution in [0.15, 0.2) is 12.1 Å². The average Bonchev–Trinajstić information content (AvgIpc) is 2.08. The lowest BCUT2D eigenvalue weighted by Crippen LogP contribution is -1.89. The first-order valence-corrected chi connectivity index (χ1v) is 4.06. The molecule has 0 fully saturated rings. The van der Waals surface area contributed by atoms with Crippen molar-refractivity contribution in [1.82, 2.24) is 0 Å². The molecule has 0 atom stereocenters. The highest BCUT2D eigenvalue weighted by molar-refractivity contribution is 6.17. The zero-order valence-electron chi connectivity index (χ0n) is 6.67. The highest BCUT2D eigenvalue weighted by Gasteiger charge is 2.06. The summed E-state index contributed by atoms with van der Waals surface area (Å²) >= 11 is 5.56. The fourth-order valence-corrected chi connectivity index (χ4v) is 1.28. The van der Waals surface area contributed by atoms with Gasteiger partial charge in [0.2, 0.25) is 0 Å². The molecule has 1 aromatic carbocycles. The van der Waals surface area contributed by atoms with Gasteiger partial charge in [0.1, 0.15) is 5.75 Å². The van der Waals surface area contributed by atoms with Crippen molar-refractivity contribution in [3.05, 3.63) is 28.8 Å². The third kappa shape index (κ3) is 1.59. The number of hydrogen-bond donors (Lipinski definition) is 1. The first-order valence-electron chi connectivity index (χ1n) is 3.52. The van der Waals surface area contributed by atoms with Crippen molar-refractivity contribution in [3.8, 4) is 5.75 Å². The normalized spacial score (nSPS) is 9.83. The number of halogens is 1. The van der Waals surface area contributed by atoms with E-state index in [9.17, 15) is 9.90 Å². The van der Waals surface area contributed by atoms with Gasteiger partial charge in [-0.2, -0.15) is 0 Å². The summed E-state index contributed by atoms with van der Waals surface area (Å²) in [4.78, 5) is 10.4. The number of phenolic OH excluding ortho intramolecular Hbond substituents is 1. The number of alkyl halides is 1. The van der Waals surface area contributed by atoms with Crippen molar-refractivity contribution < 1.29 is 9.90 Å². The quantitative estimate of drug-likeness (QED) is 0.566. The molecule has 0 radical (unpaired) electrons. The number of carbonyl (C=O) groups is 1. The SMILES string of the molecule is Cc1cc(C=O)c(O)c(CCl)c1. The molecule has 64 valence electrons. The number of aromatic hydroxyl groups is 1. The van der Waals surface area contributed by atoms with Crippen molar-refractivity contribution in [3.63, 3.8) is 0 Å². The van der Waals surface area contributed by atoms with E-state index >= 15 is 0 Å². The molecule has 0 amide bonds. The second-order valence-electron chi connectivity index (χ2n) is 2.61.